The predicted molar refractivity (Wildman–Crippen MR) is 166 cm³/mol. The van der Waals surface area contributed by atoms with Gasteiger partial charge in [-0.3, -0.25) is 9.97 Å². The van der Waals surface area contributed by atoms with Crippen molar-refractivity contribution in [3.8, 4) is 34.0 Å². The molecule has 0 aliphatic rings. The molecule has 7 aromatic rings. The van der Waals surface area contributed by atoms with Gasteiger partial charge in [0.1, 0.15) is 0 Å². The summed E-state index contributed by atoms with van der Waals surface area (Å²) in [6.07, 6.45) is 14.8. The van der Waals surface area contributed by atoms with Gasteiger partial charge in [0.15, 0.2) is 11.6 Å². The van der Waals surface area contributed by atoms with E-state index in [1.165, 1.54) is 5.39 Å². The summed E-state index contributed by atoms with van der Waals surface area (Å²) in [5.41, 5.74) is 8.24. The second-order valence-electron chi connectivity index (χ2n) is 10.2. The summed E-state index contributed by atoms with van der Waals surface area (Å²) in [4.78, 5) is 27.6. The summed E-state index contributed by atoms with van der Waals surface area (Å²) in [6.45, 7) is 0. The molecule has 6 heteroatoms. The van der Waals surface area contributed by atoms with Crippen molar-refractivity contribution in [1.82, 2.24) is 29.9 Å². The van der Waals surface area contributed by atoms with E-state index in [2.05, 4.69) is 67.4 Å². The molecule has 3 aromatic carbocycles. The lowest BCUT2D eigenvalue weighted by Gasteiger charge is -2.08. The molecular weight excluding hydrogens is 516 g/mol. The van der Waals surface area contributed by atoms with Gasteiger partial charge in [0.25, 0.3) is 0 Å². The normalized spacial score (nSPS) is 11.0. The first kappa shape index (κ1) is 25.4. The Morgan fingerprint density at radius 3 is 1.83 bits per heavy atom. The topological polar surface area (TPSA) is 77.3 Å². The van der Waals surface area contributed by atoms with E-state index in [4.69, 9.17) is 4.98 Å². The third-order valence-electron chi connectivity index (χ3n) is 7.24. The molecule has 0 aliphatic carbocycles. The lowest BCUT2D eigenvalue weighted by molar-refractivity contribution is 1.07. The Kier molecular flexibility index (Phi) is 6.92. The SMILES string of the molecule is c1ccc(-c2ncc(Cc3ccc(-c4cccc(-c5ncc(Cc6cncc7ccccc67)cn5)c4)nc3)cn2)cc1. The second kappa shape index (κ2) is 11.5. The van der Waals surface area contributed by atoms with Gasteiger partial charge >= 0.3 is 0 Å². The number of aromatic nitrogens is 6. The van der Waals surface area contributed by atoms with E-state index in [9.17, 15) is 0 Å². The fourth-order valence-corrected chi connectivity index (χ4v) is 5.07. The Hall–Kier alpha value is -5.62. The summed E-state index contributed by atoms with van der Waals surface area (Å²) in [5.74, 6) is 1.42. The first-order valence-corrected chi connectivity index (χ1v) is 13.8. The largest absolute Gasteiger partial charge is 0.264 e. The molecule has 0 radical (unpaired) electrons. The van der Waals surface area contributed by atoms with Crippen LogP contribution in [0.3, 0.4) is 0 Å². The number of rotatable bonds is 7. The van der Waals surface area contributed by atoms with E-state index >= 15 is 0 Å². The predicted octanol–water partition coefficient (Wildman–Crippen LogP) is 7.39. The maximum absolute atomic E-state index is 4.74. The van der Waals surface area contributed by atoms with Crippen LogP contribution in [0.2, 0.25) is 0 Å². The van der Waals surface area contributed by atoms with Crippen LogP contribution in [0.5, 0.6) is 0 Å². The second-order valence-corrected chi connectivity index (χ2v) is 10.2. The van der Waals surface area contributed by atoms with Crippen LogP contribution < -0.4 is 0 Å². The van der Waals surface area contributed by atoms with Gasteiger partial charge in [0.2, 0.25) is 0 Å². The minimum absolute atomic E-state index is 0.687. The van der Waals surface area contributed by atoms with Crippen LogP contribution in [0.4, 0.5) is 0 Å². The van der Waals surface area contributed by atoms with Crippen LogP contribution in [0.25, 0.3) is 44.8 Å². The summed E-state index contributed by atoms with van der Waals surface area (Å²) < 4.78 is 0. The van der Waals surface area contributed by atoms with E-state index in [1.54, 1.807) is 0 Å². The van der Waals surface area contributed by atoms with Gasteiger partial charge in [-0.2, -0.15) is 0 Å². The van der Waals surface area contributed by atoms with Gasteiger partial charge < -0.3 is 0 Å². The molecule has 6 nitrogen and oxygen atoms in total. The van der Waals surface area contributed by atoms with Crippen molar-refractivity contribution >= 4 is 10.8 Å². The summed E-state index contributed by atoms with van der Waals surface area (Å²) in [5, 5.41) is 2.34. The molecule has 0 amide bonds. The van der Waals surface area contributed by atoms with Crippen molar-refractivity contribution in [2.75, 3.05) is 0 Å². The highest BCUT2D eigenvalue weighted by Crippen LogP contribution is 2.25. The molecule has 0 saturated heterocycles. The van der Waals surface area contributed by atoms with Gasteiger partial charge in [-0.25, -0.2) is 19.9 Å². The molecule has 0 aliphatic heterocycles. The fraction of sp³-hybridized carbons (Fsp3) is 0.0556. The molecule has 7 rings (SSSR count). The number of hydrogen-bond donors (Lipinski definition) is 0. The molecule has 0 fully saturated rings. The first-order chi connectivity index (χ1) is 20.8. The minimum atomic E-state index is 0.687. The van der Waals surface area contributed by atoms with E-state index in [0.29, 0.717) is 5.82 Å². The third kappa shape index (κ3) is 5.51. The smallest absolute Gasteiger partial charge is 0.159 e. The van der Waals surface area contributed by atoms with Crippen molar-refractivity contribution in [1.29, 1.82) is 0 Å². The summed E-state index contributed by atoms with van der Waals surface area (Å²) >= 11 is 0. The van der Waals surface area contributed by atoms with Gasteiger partial charge in [0, 0.05) is 78.3 Å². The maximum atomic E-state index is 4.74. The molecule has 0 unspecified atom stereocenters. The maximum Gasteiger partial charge on any atom is 0.159 e. The highest BCUT2D eigenvalue weighted by molar-refractivity contribution is 5.84. The fourth-order valence-electron chi connectivity index (χ4n) is 5.07. The Morgan fingerprint density at radius 1 is 0.429 bits per heavy atom. The summed E-state index contributed by atoms with van der Waals surface area (Å²) in [7, 11) is 0. The average Bonchev–Trinajstić information content (AvgIpc) is 3.06. The number of hydrogen-bond acceptors (Lipinski definition) is 6. The molecule has 0 atom stereocenters. The van der Waals surface area contributed by atoms with Crippen LogP contribution in [0.1, 0.15) is 22.3 Å². The molecule has 0 spiro atoms. The van der Waals surface area contributed by atoms with Crippen LogP contribution in [-0.2, 0) is 12.8 Å². The molecule has 4 heterocycles. The highest BCUT2D eigenvalue weighted by atomic mass is 14.9. The minimum Gasteiger partial charge on any atom is -0.264 e. The van der Waals surface area contributed by atoms with Crippen molar-refractivity contribution in [2.24, 2.45) is 0 Å². The zero-order valence-electron chi connectivity index (χ0n) is 22.8. The number of benzene rings is 3. The molecular formula is C36H26N6. The van der Waals surface area contributed by atoms with E-state index < -0.39 is 0 Å². The summed E-state index contributed by atoms with van der Waals surface area (Å²) in [6, 6.07) is 30.6. The van der Waals surface area contributed by atoms with Crippen LogP contribution in [0.15, 0.2) is 134 Å². The molecule has 0 saturated carbocycles. The van der Waals surface area contributed by atoms with Gasteiger partial charge in [0.05, 0.1) is 5.69 Å². The van der Waals surface area contributed by atoms with Crippen molar-refractivity contribution < 1.29 is 0 Å². The van der Waals surface area contributed by atoms with E-state index in [1.807, 2.05) is 91.9 Å². The molecule has 4 aromatic heterocycles. The van der Waals surface area contributed by atoms with Crippen LogP contribution in [-0.4, -0.2) is 29.9 Å². The Labute approximate surface area is 243 Å². The zero-order chi connectivity index (χ0) is 28.1. The van der Waals surface area contributed by atoms with Gasteiger partial charge in [-0.1, -0.05) is 78.9 Å². The number of nitrogens with zero attached hydrogens (tertiary/aromatic N) is 6. The van der Waals surface area contributed by atoms with Crippen molar-refractivity contribution in [2.45, 2.75) is 12.8 Å². The number of pyridine rings is 2. The van der Waals surface area contributed by atoms with Gasteiger partial charge in [-0.05, 0) is 39.8 Å². The van der Waals surface area contributed by atoms with Crippen molar-refractivity contribution in [3.63, 3.8) is 0 Å². The van der Waals surface area contributed by atoms with Crippen molar-refractivity contribution in [3.05, 3.63) is 157 Å². The van der Waals surface area contributed by atoms with E-state index in [-0.39, 0.29) is 0 Å². The Balaban J connectivity index is 1.04. The average molecular weight is 543 g/mol. The van der Waals surface area contributed by atoms with Crippen LogP contribution in [0, 0.1) is 0 Å². The van der Waals surface area contributed by atoms with Gasteiger partial charge in [-0.15, -0.1) is 0 Å². The number of fused-ring (bicyclic) bond motifs is 1. The Morgan fingerprint density at radius 2 is 1.07 bits per heavy atom. The standard InChI is InChI=1S/C36H26N6/c1-2-7-28(8-3-1)35-39-19-26(20-40-35)15-25-13-14-34(38-18-25)29-10-6-11-30(17-29)36-41-21-27(22-42-36)16-32-24-37-23-31-9-4-5-12-33(31)32/h1-14,17-24H,15-16H2. The van der Waals surface area contributed by atoms with Crippen LogP contribution >= 0.6 is 0 Å². The monoisotopic (exact) mass is 542 g/mol. The molecule has 200 valence electrons. The van der Waals surface area contributed by atoms with E-state index in [0.717, 1.165) is 68.7 Å². The lowest BCUT2D eigenvalue weighted by atomic mass is 10.0. The first-order valence-electron chi connectivity index (χ1n) is 13.8. The highest BCUT2D eigenvalue weighted by Gasteiger charge is 2.08. The molecule has 0 bridgehead atoms. The molecule has 42 heavy (non-hydrogen) atoms. The zero-order valence-corrected chi connectivity index (χ0v) is 22.8. The lowest BCUT2D eigenvalue weighted by Crippen LogP contribution is -1.96. The quantitative estimate of drug-likeness (QED) is 0.209. The third-order valence-corrected chi connectivity index (χ3v) is 7.24. The molecule has 0 N–H and O–H groups in total. The Bertz CT molecular complexity index is 1950.